The first-order chi connectivity index (χ1) is 13.5. The Morgan fingerprint density at radius 1 is 1.39 bits per heavy atom. The monoisotopic (exact) mass is 404 g/mol. The maximum absolute atomic E-state index is 11.1. The molecule has 28 heavy (non-hydrogen) atoms. The highest BCUT2D eigenvalue weighted by Crippen LogP contribution is 2.29. The zero-order valence-electron chi connectivity index (χ0n) is 15.9. The zero-order chi connectivity index (χ0) is 20.1. The summed E-state index contributed by atoms with van der Waals surface area (Å²) in [4.78, 5) is 22.0. The molecule has 1 aromatic heterocycles. The number of anilines is 3. The third kappa shape index (κ3) is 5.08. The maximum atomic E-state index is 11.1. The van der Waals surface area contributed by atoms with Crippen LogP contribution >= 0.6 is 11.6 Å². The Hall–Kier alpha value is -2.45. The van der Waals surface area contributed by atoms with Gasteiger partial charge in [0.05, 0.1) is 4.92 Å². The summed E-state index contributed by atoms with van der Waals surface area (Å²) < 4.78 is 0. The molecule has 0 saturated carbocycles. The van der Waals surface area contributed by atoms with Crippen LogP contribution in [-0.2, 0) is 6.42 Å². The highest BCUT2D eigenvalue weighted by molar-refractivity contribution is 6.32. The van der Waals surface area contributed by atoms with Crippen molar-refractivity contribution in [3.63, 3.8) is 0 Å². The third-order valence-corrected chi connectivity index (χ3v) is 5.05. The lowest BCUT2D eigenvalue weighted by Gasteiger charge is -2.32. The van der Waals surface area contributed by atoms with Crippen LogP contribution in [0.15, 0.2) is 24.3 Å². The number of aromatic nitrogens is 2. The number of nitrogens with zero attached hydrogens (tertiary/aromatic N) is 4. The van der Waals surface area contributed by atoms with Crippen molar-refractivity contribution >= 4 is 34.7 Å². The predicted octanol–water partition coefficient (Wildman–Crippen LogP) is 4.05. The molecule has 3 N–H and O–H groups in total. The lowest BCUT2D eigenvalue weighted by Crippen LogP contribution is -2.43. The number of nitrogens with two attached hydrogens (primary N) is 1. The Morgan fingerprint density at radius 2 is 2.21 bits per heavy atom. The Labute approximate surface area is 169 Å². The largest absolute Gasteiger partial charge is 0.355 e. The lowest BCUT2D eigenvalue weighted by molar-refractivity contribution is -0.384. The Kier molecular flexibility index (Phi) is 6.64. The SMILES string of the molecule is CCCCc1cc(N2CCC[C@@H](N)C2)nc(Nc2ccc(Cl)c([N+](=O)[O-])c2)n1. The van der Waals surface area contributed by atoms with E-state index >= 15 is 0 Å². The molecular weight excluding hydrogens is 380 g/mol. The van der Waals surface area contributed by atoms with Crippen LogP contribution in [0.3, 0.4) is 0 Å². The number of benzene rings is 1. The average Bonchev–Trinajstić information content (AvgIpc) is 2.67. The maximum Gasteiger partial charge on any atom is 0.289 e. The van der Waals surface area contributed by atoms with Gasteiger partial charge in [-0.25, -0.2) is 4.98 Å². The van der Waals surface area contributed by atoms with E-state index < -0.39 is 4.92 Å². The second-order valence-electron chi connectivity index (χ2n) is 7.04. The van der Waals surface area contributed by atoms with Crippen molar-refractivity contribution in [2.45, 2.75) is 45.1 Å². The first kappa shape index (κ1) is 20.3. The van der Waals surface area contributed by atoms with Crippen molar-refractivity contribution in [3.8, 4) is 0 Å². The summed E-state index contributed by atoms with van der Waals surface area (Å²) in [5.41, 5.74) is 7.43. The summed E-state index contributed by atoms with van der Waals surface area (Å²) in [7, 11) is 0. The van der Waals surface area contributed by atoms with Gasteiger partial charge in [0.25, 0.3) is 5.69 Å². The minimum atomic E-state index is -0.507. The van der Waals surface area contributed by atoms with Crippen LogP contribution in [0, 0.1) is 10.1 Å². The van der Waals surface area contributed by atoms with Gasteiger partial charge in [-0.05, 0) is 37.8 Å². The molecule has 0 aliphatic carbocycles. The zero-order valence-corrected chi connectivity index (χ0v) is 16.7. The average molecular weight is 405 g/mol. The van der Waals surface area contributed by atoms with Gasteiger partial charge in [0.15, 0.2) is 0 Å². The molecule has 1 fully saturated rings. The fourth-order valence-electron chi connectivity index (χ4n) is 3.26. The van der Waals surface area contributed by atoms with Gasteiger partial charge in [-0.1, -0.05) is 24.9 Å². The molecule has 1 atom stereocenters. The quantitative estimate of drug-likeness (QED) is 0.528. The van der Waals surface area contributed by atoms with Crippen molar-refractivity contribution < 1.29 is 4.92 Å². The molecule has 2 aromatic rings. The van der Waals surface area contributed by atoms with Gasteiger partial charge in [0.1, 0.15) is 10.8 Å². The second-order valence-corrected chi connectivity index (χ2v) is 7.45. The van der Waals surface area contributed by atoms with Gasteiger partial charge < -0.3 is 16.0 Å². The standard InChI is InChI=1S/C19H25ClN6O2/c1-2-3-6-14-11-18(25-9-4-5-13(21)12-25)24-19(22-14)23-15-7-8-16(20)17(10-15)26(27)28/h7-8,10-11,13H,2-6,9,12,21H2,1H3,(H,22,23,24)/t13-/m1/s1. The minimum absolute atomic E-state index is 0.0937. The fraction of sp³-hybridized carbons (Fsp3) is 0.474. The predicted molar refractivity (Wildman–Crippen MR) is 111 cm³/mol. The van der Waals surface area contributed by atoms with Crippen molar-refractivity contribution in [1.29, 1.82) is 0 Å². The Morgan fingerprint density at radius 3 is 2.93 bits per heavy atom. The highest BCUT2D eigenvalue weighted by Gasteiger charge is 2.20. The van der Waals surface area contributed by atoms with E-state index in [4.69, 9.17) is 17.3 Å². The molecule has 1 saturated heterocycles. The van der Waals surface area contributed by atoms with Crippen molar-refractivity contribution in [3.05, 3.63) is 45.1 Å². The molecular formula is C19H25ClN6O2. The molecule has 8 nitrogen and oxygen atoms in total. The normalized spacial score (nSPS) is 16.8. The van der Waals surface area contributed by atoms with E-state index in [0.29, 0.717) is 11.6 Å². The van der Waals surface area contributed by atoms with Crippen LogP contribution in [0.25, 0.3) is 0 Å². The summed E-state index contributed by atoms with van der Waals surface area (Å²) >= 11 is 5.90. The highest BCUT2D eigenvalue weighted by atomic mass is 35.5. The van der Waals surface area contributed by atoms with E-state index in [0.717, 1.165) is 56.7 Å². The van der Waals surface area contributed by atoms with Gasteiger partial charge in [0, 0.05) is 42.6 Å². The molecule has 1 aliphatic rings. The van der Waals surface area contributed by atoms with Crippen molar-refractivity contribution in [1.82, 2.24) is 9.97 Å². The minimum Gasteiger partial charge on any atom is -0.355 e. The number of piperidine rings is 1. The molecule has 0 radical (unpaired) electrons. The van der Waals surface area contributed by atoms with E-state index in [1.807, 2.05) is 6.07 Å². The second kappa shape index (κ2) is 9.16. The molecule has 0 unspecified atom stereocenters. The van der Waals surface area contributed by atoms with Crippen LogP contribution < -0.4 is 16.0 Å². The molecule has 0 bridgehead atoms. The smallest absolute Gasteiger partial charge is 0.289 e. The summed E-state index contributed by atoms with van der Waals surface area (Å²) in [5, 5.41) is 14.3. The van der Waals surface area contributed by atoms with Gasteiger partial charge in [-0.15, -0.1) is 0 Å². The van der Waals surface area contributed by atoms with Crippen LogP contribution in [0.1, 0.15) is 38.3 Å². The van der Waals surface area contributed by atoms with Crippen molar-refractivity contribution in [2.75, 3.05) is 23.3 Å². The number of nitro benzene ring substituents is 1. The molecule has 0 spiro atoms. The molecule has 3 rings (SSSR count). The molecule has 2 heterocycles. The number of aryl methyl sites for hydroxylation is 1. The number of halogens is 1. The topological polar surface area (TPSA) is 110 Å². The van der Waals surface area contributed by atoms with Gasteiger partial charge in [-0.2, -0.15) is 4.98 Å². The number of nitro groups is 1. The number of unbranched alkanes of at least 4 members (excludes halogenated alkanes) is 1. The van der Waals surface area contributed by atoms with Crippen molar-refractivity contribution in [2.24, 2.45) is 5.73 Å². The first-order valence-electron chi connectivity index (χ1n) is 9.55. The summed E-state index contributed by atoms with van der Waals surface area (Å²) in [6, 6.07) is 6.71. The Bertz CT molecular complexity index is 847. The van der Waals surface area contributed by atoms with Gasteiger partial charge in [-0.3, -0.25) is 10.1 Å². The fourth-order valence-corrected chi connectivity index (χ4v) is 3.45. The lowest BCUT2D eigenvalue weighted by atomic mass is 10.1. The Balaban J connectivity index is 1.89. The van der Waals surface area contributed by atoms with Crippen LogP contribution in [0.2, 0.25) is 5.02 Å². The van der Waals surface area contributed by atoms with E-state index in [1.165, 1.54) is 12.1 Å². The molecule has 9 heteroatoms. The summed E-state index contributed by atoms with van der Waals surface area (Å²) in [6.45, 7) is 3.80. The van der Waals surface area contributed by atoms with Gasteiger partial charge in [0.2, 0.25) is 5.95 Å². The van der Waals surface area contributed by atoms with Crippen LogP contribution in [0.4, 0.5) is 23.1 Å². The molecule has 1 aromatic carbocycles. The van der Waals surface area contributed by atoms with Crippen LogP contribution in [0.5, 0.6) is 0 Å². The molecule has 1 aliphatic heterocycles. The van der Waals surface area contributed by atoms with Gasteiger partial charge >= 0.3 is 0 Å². The van der Waals surface area contributed by atoms with E-state index in [-0.39, 0.29) is 16.8 Å². The number of rotatable bonds is 7. The number of hydrogen-bond donors (Lipinski definition) is 2. The van der Waals surface area contributed by atoms with E-state index in [2.05, 4.69) is 27.1 Å². The molecule has 0 amide bonds. The van der Waals surface area contributed by atoms with E-state index in [9.17, 15) is 10.1 Å². The number of nitrogens with one attached hydrogen (secondary N) is 1. The van der Waals surface area contributed by atoms with E-state index in [1.54, 1.807) is 6.07 Å². The first-order valence-corrected chi connectivity index (χ1v) is 9.93. The number of hydrogen-bond acceptors (Lipinski definition) is 7. The molecule has 150 valence electrons. The summed E-state index contributed by atoms with van der Waals surface area (Å²) in [6.07, 6.45) is 4.99. The summed E-state index contributed by atoms with van der Waals surface area (Å²) in [5.74, 6) is 1.25. The van der Waals surface area contributed by atoms with Crippen LogP contribution in [-0.4, -0.2) is 34.0 Å². The third-order valence-electron chi connectivity index (χ3n) is 4.73.